The van der Waals surface area contributed by atoms with Gasteiger partial charge in [0.15, 0.2) is 0 Å². The van der Waals surface area contributed by atoms with Crippen molar-refractivity contribution in [1.82, 2.24) is 4.90 Å². The molecule has 1 aliphatic rings. The van der Waals surface area contributed by atoms with Crippen molar-refractivity contribution < 1.29 is 9.53 Å². The molecule has 102 valence electrons. The Kier molecular flexibility index (Phi) is 6.14. The van der Waals surface area contributed by atoms with E-state index in [1.54, 1.807) is 0 Å². The summed E-state index contributed by atoms with van der Waals surface area (Å²) < 4.78 is 5.19. The topological polar surface area (TPSA) is 53.3 Å². The second-order valence-electron chi connectivity index (χ2n) is 5.46. The van der Waals surface area contributed by atoms with Crippen LogP contribution in [-0.2, 0) is 9.53 Å². The summed E-state index contributed by atoms with van der Waals surface area (Å²) in [5, 5.41) is 8.73. The van der Waals surface area contributed by atoms with Crippen molar-refractivity contribution in [2.24, 2.45) is 5.92 Å². The maximum Gasteiger partial charge on any atom is 0.306 e. The highest BCUT2D eigenvalue weighted by molar-refractivity contribution is 5.69. The molecule has 0 aromatic rings. The second kappa shape index (κ2) is 7.38. The van der Waals surface area contributed by atoms with E-state index in [1.807, 2.05) is 13.8 Å². The smallest absolute Gasteiger partial charge is 0.306 e. The van der Waals surface area contributed by atoms with Crippen molar-refractivity contribution >= 4 is 5.97 Å². The Morgan fingerprint density at radius 2 is 2.22 bits per heavy atom. The van der Waals surface area contributed by atoms with Gasteiger partial charge in [0.25, 0.3) is 0 Å². The molecule has 4 heteroatoms. The van der Waals surface area contributed by atoms with Gasteiger partial charge in [0, 0.05) is 19.0 Å². The number of rotatable bonds is 5. The number of nitriles is 1. The SMILES string of the molecule is CC(C)OC(=O)CC1CCCN(C(C)CC#N)C1. The number of esters is 1. The summed E-state index contributed by atoms with van der Waals surface area (Å²) in [5.74, 6) is 0.288. The molecule has 0 N–H and O–H groups in total. The quantitative estimate of drug-likeness (QED) is 0.705. The van der Waals surface area contributed by atoms with Crippen LogP contribution >= 0.6 is 0 Å². The van der Waals surface area contributed by atoms with E-state index in [1.165, 1.54) is 0 Å². The van der Waals surface area contributed by atoms with Gasteiger partial charge in [-0.25, -0.2) is 0 Å². The van der Waals surface area contributed by atoms with Gasteiger partial charge in [0.1, 0.15) is 0 Å². The van der Waals surface area contributed by atoms with Gasteiger partial charge in [-0.3, -0.25) is 9.69 Å². The first-order chi connectivity index (χ1) is 8.52. The van der Waals surface area contributed by atoms with E-state index < -0.39 is 0 Å². The molecule has 0 aromatic carbocycles. The lowest BCUT2D eigenvalue weighted by Gasteiger charge is -2.35. The van der Waals surface area contributed by atoms with Gasteiger partial charge in [-0.15, -0.1) is 0 Å². The molecule has 0 spiro atoms. The molecule has 0 aliphatic carbocycles. The van der Waals surface area contributed by atoms with Crippen LogP contribution in [0.1, 0.15) is 46.5 Å². The molecule has 4 nitrogen and oxygen atoms in total. The fourth-order valence-electron chi connectivity index (χ4n) is 2.47. The summed E-state index contributed by atoms with van der Waals surface area (Å²) in [6, 6.07) is 2.50. The minimum Gasteiger partial charge on any atom is -0.463 e. The molecular weight excluding hydrogens is 228 g/mol. The van der Waals surface area contributed by atoms with Crippen LogP contribution in [0.5, 0.6) is 0 Å². The van der Waals surface area contributed by atoms with Crippen LogP contribution in [0.4, 0.5) is 0 Å². The van der Waals surface area contributed by atoms with Gasteiger partial charge in [-0.1, -0.05) is 0 Å². The standard InChI is InChI=1S/C14H24N2O2/c1-11(2)18-14(17)9-13-5-4-8-16(10-13)12(3)6-7-15/h11-13H,4-6,8-10H2,1-3H3. The summed E-state index contributed by atoms with van der Waals surface area (Å²) in [6.45, 7) is 7.78. The van der Waals surface area contributed by atoms with Gasteiger partial charge in [0.2, 0.25) is 0 Å². The summed E-state index contributed by atoms with van der Waals surface area (Å²) in [4.78, 5) is 14.0. The highest BCUT2D eigenvalue weighted by Crippen LogP contribution is 2.22. The molecule has 0 saturated carbocycles. The number of carbonyl (C=O) groups is 1. The van der Waals surface area contributed by atoms with Crippen molar-refractivity contribution in [1.29, 1.82) is 5.26 Å². The van der Waals surface area contributed by atoms with Crippen LogP contribution in [0.25, 0.3) is 0 Å². The number of ether oxygens (including phenoxy) is 1. The molecule has 0 bridgehead atoms. The number of hydrogen-bond donors (Lipinski definition) is 0. The first-order valence-electron chi connectivity index (χ1n) is 6.83. The zero-order valence-corrected chi connectivity index (χ0v) is 11.7. The molecule has 0 aromatic heterocycles. The maximum atomic E-state index is 11.6. The predicted octanol–water partition coefficient (Wildman–Crippen LogP) is 2.34. The zero-order chi connectivity index (χ0) is 13.5. The largest absolute Gasteiger partial charge is 0.463 e. The monoisotopic (exact) mass is 252 g/mol. The molecule has 1 heterocycles. The molecule has 1 aliphatic heterocycles. The van der Waals surface area contributed by atoms with Crippen molar-refractivity contribution in [3.05, 3.63) is 0 Å². The zero-order valence-electron chi connectivity index (χ0n) is 11.7. The summed E-state index contributed by atoms with van der Waals surface area (Å²) in [5.41, 5.74) is 0. The van der Waals surface area contributed by atoms with Crippen LogP contribution in [0, 0.1) is 17.2 Å². The first kappa shape index (κ1) is 15.0. The summed E-state index contributed by atoms with van der Waals surface area (Å²) in [6.07, 6.45) is 3.23. The number of nitrogens with zero attached hydrogens (tertiary/aromatic N) is 2. The molecular formula is C14H24N2O2. The fraction of sp³-hybridized carbons (Fsp3) is 0.857. The van der Waals surface area contributed by atoms with Gasteiger partial charge in [-0.2, -0.15) is 5.26 Å². The molecule has 2 atom stereocenters. The third kappa shape index (κ3) is 5.05. The lowest BCUT2D eigenvalue weighted by atomic mass is 9.93. The Morgan fingerprint density at radius 1 is 1.50 bits per heavy atom. The molecule has 0 radical (unpaired) electrons. The van der Waals surface area contributed by atoms with E-state index in [9.17, 15) is 4.79 Å². The first-order valence-corrected chi connectivity index (χ1v) is 6.83. The third-order valence-corrected chi connectivity index (χ3v) is 3.38. The van der Waals surface area contributed by atoms with Crippen molar-refractivity contribution in [2.75, 3.05) is 13.1 Å². The van der Waals surface area contributed by atoms with E-state index in [4.69, 9.17) is 10.00 Å². The van der Waals surface area contributed by atoms with E-state index in [-0.39, 0.29) is 12.1 Å². The van der Waals surface area contributed by atoms with Gasteiger partial charge < -0.3 is 4.74 Å². The Bertz CT molecular complexity index is 309. The van der Waals surface area contributed by atoms with Gasteiger partial charge >= 0.3 is 5.97 Å². The van der Waals surface area contributed by atoms with E-state index in [0.717, 1.165) is 25.9 Å². The molecule has 18 heavy (non-hydrogen) atoms. The Hall–Kier alpha value is -1.08. The second-order valence-corrected chi connectivity index (χ2v) is 5.46. The third-order valence-electron chi connectivity index (χ3n) is 3.38. The van der Waals surface area contributed by atoms with Crippen LogP contribution in [0.15, 0.2) is 0 Å². The lowest BCUT2D eigenvalue weighted by Crippen LogP contribution is -2.41. The predicted molar refractivity (Wildman–Crippen MR) is 69.8 cm³/mol. The number of carbonyl (C=O) groups excluding carboxylic acids is 1. The average molecular weight is 252 g/mol. The number of piperidine rings is 1. The maximum absolute atomic E-state index is 11.6. The Morgan fingerprint density at radius 3 is 2.83 bits per heavy atom. The highest BCUT2D eigenvalue weighted by Gasteiger charge is 2.25. The lowest BCUT2D eigenvalue weighted by molar-refractivity contribution is -0.149. The highest BCUT2D eigenvalue weighted by atomic mass is 16.5. The Labute approximate surface area is 110 Å². The van der Waals surface area contributed by atoms with Crippen LogP contribution in [0.2, 0.25) is 0 Å². The normalized spacial score (nSPS) is 22.5. The molecule has 1 rings (SSSR count). The van der Waals surface area contributed by atoms with Crippen molar-refractivity contribution in [2.45, 2.75) is 58.6 Å². The van der Waals surface area contributed by atoms with Crippen LogP contribution < -0.4 is 0 Å². The van der Waals surface area contributed by atoms with E-state index in [0.29, 0.717) is 24.8 Å². The minimum atomic E-state index is -0.0928. The minimum absolute atomic E-state index is 0.0327. The molecule has 1 fully saturated rings. The number of hydrogen-bond acceptors (Lipinski definition) is 4. The molecule has 2 unspecified atom stereocenters. The van der Waals surface area contributed by atoms with Crippen LogP contribution in [0.3, 0.4) is 0 Å². The molecule has 0 amide bonds. The van der Waals surface area contributed by atoms with E-state index in [2.05, 4.69) is 17.9 Å². The summed E-state index contributed by atoms with van der Waals surface area (Å²) in [7, 11) is 0. The van der Waals surface area contributed by atoms with E-state index >= 15 is 0 Å². The number of likely N-dealkylation sites (tertiary alicyclic amines) is 1. The van der Waals surface area contributed by atoms with Gasteiger partial charge in [-0.05, 0) is 46.1 Å². The molecule has 1 saturated heterocycles. The summed E-state index contributed by atoms with van der Waals surface area (Å²) >= 11 is 0. The fourth-order valence-corrected chi connectivity index (χ4v) is 2.47. The average Bonchev–Trinajstić information content (AvgIpc) is 2.28. The van der Waals surface area contributed by atoms with Gasteiger partial charge in [0.05, 0.1) is 18.6 Å². The van der Waals surface area contributed by atoms with Crippen LogP contribution in [-0.4, -0.2) is 36.1 Å². The van der Waals surface area contributed by atoms with Crippen molar-refractivity contribution in [3.63, 3.8) is 0 Å². The Balaban J connectivity index is 2.39. The van der Waals surface area contributed by atoms with Crippen molar-refractivity contribution in [3.8, 4) is 6.07 Å².